The number of para-hydroxylation sites is 2. The van der Waals surface area contributed by atoms with E-state index in [0.717, 1.165) is 29.8 Å². The summed E-state index contributed by atoms with van der Waals surface area (Å²) in [6.07, 6.45) is 5.38. The van der Waals surface area contributed by atoms with E-state index in [9.17, 15) is 4.79 Å². The highest BCUT2D eigenvalue weighted by Gasteiger charge is 2.67. The zero-order chi connectivity index (χ0) is 21.3. The summed E-state index contributed by atoms with van der Waals surface area (Å²) in [6.45, 7) is 0. The molecule has 3 aromatic carbocycles. The molecule has 0 bridgehead atoms. The molecule has 1 aliphatic carbocycles. The quantitative estimate of drug-likeness (QED) is 0.487. The summed E-state index contributed by atoms with van der Waals surface area (Å²) in [5, 5.41) is 3.98. The number of carbonyl (C=O) groups is 1. The minimum absolute atomic E-state index is 0.207. The molecule has 4 aliphatic rings. The number of rotatable bonds is 1. The van der Waals surface area contributed by atoms with Crippen molar-refractivity contribution >= 4 is 17.3 Å². The van der Waals surface area contributed by atoms with Crippen molar-refractivity contribution in [2.45, 2.75) is 49.4 Å². The molecule has 0 amide bonds. The fourth-order valence-corrected chi connectivity index (χ4v) is 7.11. The van der Waals surface area contributed by atoms with Gasteiger partial charge >= 0.3 is 5.97 Å². The third-order valence-electron chi connectivity index (χ3n) is 8.23. The van der Waals surface area contributed by atoms with E-state index in [-0.39, 0.29) is 11.6 Å². The van der Waals surface area contributed by atoms with Crippen LogP contribution in [0.5, 0.6) is 0 Å². The monoisotopic (exact) mass is 422 g/mol. The summed E-state index contributed by atoms with van der Waals surface area (Å²) in [6, 6.07) is 27.4. The van der Waals surface area contributed by atoms with Crippen molar-refractivity contribution in [3.05, 3.63) is 95.6 Å². The Labute approximate surface area is 188 Å². The molecule has 4 nitrogen and oxygen atoms in total. The molecule has 4 atom stereocenters. The average Bonchev–Trinajstić information content (AvgIpc) is 3.32. The van der Waals surface area contributed by atoms with Crippen molar-refractivity contribution < 1.29 is 9.53 Å². The molecule has 3 heterocycles. The fraction of sp³-hybridized carbons (Fsp3) is 0.321. The Morgan fingerprint density at radius 2 is 1.69 bits per heavy atom. The number of esters is 1. The zero-order valence-electron chi connectivity index (χ0n) is 18.0. The zero-order valence-corrected chi connectivity index (χ0v) is 18.0. The Morgan fingerprint density at radius 3 is 2.59 bits per heavy atom. The Hall–Kier alpha value is -3.27. The summed E-state index contributed by atoms with van der Waals surface area (Å²) in [4.78, 5) is 15.6. The lowest BCUT2D eigenvalue weighted by Gasteiger charge is -2.61. The van der Waals surface area contributed by atoms with Gasteiger partial charge in [0.2, 0.25) is 5.72 Å². The SMILES string of the molecule is O=C1O[C@]2(C[C@H](c3ccccc3)[C@@H]3CCCC[C@@]34Nc3ccccc3N24)c2ccccc21. The molecule has 3 aliphatic heterocycles. The van der Waals surface area contributed by atoms with Gasteiger partial charge in [-0.1, -0.05) is 67.1 Å². The molecule has 2 spiro atoms. The van der Waals surface area contributed by atoms with E-state index in [2.05, 4.69) is 70.9 Å². The second-order valence-electron chi connectivity index (χ2n) is 9.69. The molecule has 4 heteroatoms. The molecule has 0 radical (unpaired) electrons. The summed E-state index contributed by atoms with van der Waals surface area (Å²) in [5.41, 5.74) is 4.28. The minimum Gasteiger partial charge on any atom is -0.431 e. The minimum atomic E-state index is -0.804. The van der Waals surface area contributed by atoms with Crippen molar-refractivity contribution in [3.63, 3.8) is 0 Å². The summed E-state index contributed by atoms with van der Waals surface area (Å²) >= 11 is 0. The van der Waals surface area contributed by atoms with Gasteiger partial charge < -0.3 is 15.0 Å². The number of nitrogens with zero attached hydrogens (tertiary/aromatic N) is 1. The molecule has 0 aromatic heterocycles. The number of benzene rings is 3. The fourth-order valence-electron chi connectivity index (χ4n) is 7.11. The van der Waals surface area contributed by atoms with Gasteiger partial charge in [-0.2, -0.15) is 0 Å². The van der Waals surface area contributed by atoms with E-state index in [1.807, 2.05) is 18.2 Å². The standard InChI is InChI=1S/C28H26N2O2/c31-26-20-12-4-5-14-23(20)28(32-26)18-21(19-10-2-1-3-11-19)22-13-8-9-17-27(22)29-24-15-6-7-16-25(24)30(27)28/h1-7,10-12,14-16,21-22,29H,8-9,13,17-18H2/t21-,22+,27+,28-/m1/s1. The highest BCUT2D eigenvalue weighted by molar-refractivity contribution is 5.96. The lowest BCUT2D eigenvalue weighted by atomic mass is 9.62. The van der Waals surface area contributed by atoms with Crippen LogP contribution in [0, 0.1) is 5.92 Å². The van der Waals surface area contributed by atoms with Crippen LogP contribution in [0.15, 0.2) is 78.9 Å². The van der Waals surface area contributed by atoms with Crippen LogP contribution in [0.2, 0.25) is 0 Å². The van der Waals surface area contributed by atoms with Crippen molar-refractivity contribution in [2.75, 3.05) is 10.2 Å². The van der Waals surface area contributed by atoms with Gasteiger partial charge in [0.1, 0.15) is 5.66 Å². The highest BCUT2D eigenvalue weighted by Crippen LogP contribution is 2.65. The van der Waals surface area contributed by atoms with Crippen LogP contribution in [-0.4, -0.2) is 11.6 Å². The molecular formula is C28H26N2O2. The number of hydrogen-bond donors (Lipinski definition) is 1. The molecule has 7 rings (SSSR count). The average molecular weight is 423 g/mol. The van der Waals surface area contributed by atoms with Crippen LogP contribution in [0.4, 0.5) is 11.4 Å². The highest BCUT2D eigenvalue weighted by atomic mass is 16.6. The number of ether oxygens (including phenoxy) is 1. The first kappa shape index (κ1) is 18.3. The van der Waals surface area contributed by atoms with Crippen LogP contribution in [0.25, 0.3) is 0 Å². The Morgan fingerprint density at radius 1 is 0.906 bits per heavy atom. The molecule has 3 aromatic rings. The predicted molar refractivity (Wildman–Crippen MR) is 125 cm³/mol. The van der Waals surface area contributed by atoms with Gasteiger partial charge in [0, 0.05) is 17.9 Å². The number of hydrogen-bond acceptors (Lipinski definition) is 4. The molecule has 2 fully saturated rings. The first-order chi connectivity index (χ1) is 15.7. The maximum Gasteiger partial charge on any atom is 0.341 e. The van der Waals surface area contributed by atoms with E-state index in [4.69, 9.17) is 4.74 Å². The van der Waals surface area contributed by atoms with E-state index in [1.165, 1.54) is 24.8 Å². The molecule has 32 heavy (non-hydrogen) atoms. The molecular weight excluding hydrogens is 396 g/mol. The van der Waals surface area contributed by atoms with Crippen molar-refractivity contribution in [1.82, 2.24) is 0 Å². The topological polar surface area (TPSA) is 41.6 Å². The van der Waals surface area contributed by atoms with Crippen LogP contribution >= 0.6 is 0 Å². The third-order valence-corrected chi connectivity index (χ3v) is 8.23. The van der Waals surface area contributed by atoms with Gasteiger partial charge in [-0.25, -0.2) is 4.79 Å². The Bertz CT molecular complexity index is 1220. The van der Waals surface area contributed by atoms with Crippen LogP contribution in [0.1, 0.15) is 59.5 Å². The largest absolute Gasteiger partial charge is 0.431 e. The van der Waals surface area contributed by atoms with Crippen LogP contribution in [-0.2, 0) is 10.5 Å². The first-order valence-electron chi connectivity index (χ1n) is 11.8. The van der Waals surface area contributed by atoms with Crippen LogP contribution in [0.3, 0.4) is 0 Å². The predicted octanol–water partition coefficient (Wildman–Crippen LogP) is 6.02. The molecule has 0 unspecified atom stereocenters. The first-order valence-corrected chi connectivity index (χ1v) is 11.8. The van der Waals surface area contributed by atoms with Crippen molar-refractivity contribution in [1.29, 1.82) is 0 Å². The Balaban J connectivity index is 1.52. The van der Waals surface area contributed by atoms with Gasteiger partial charge in [0.25, 0.3) is 0 Å². The Kier molecular flexibility index (Phi) is 3.65. The van der Waals surface area contributed by atoms with Gasteiger partial charge in [0.05, 0.1) is 16.9 Å². The number of nitrogens with one attached hydrogen (secondary N) is 1. The normalized spacial score (nSPS) is 31.9. The van der Waals surface area contributed by atoms with Gasteiger partial charge in [0.15, 0.2) is 0 Å². The molecule has 1 N–H and O–H groups in total. The van der Waals surface area contributed by atoms with Crippen molar-refractivity contribution in [2.24, 2.45) is 5.92 Å². The van der Waals surface area contributed by atoms with Crippen LogP contribution < -0.4 is 10.2 Å². The summed E-state index contributed by atoms with van der Waals surface area (Å²) < 4.78 is 6.47. The van der Waals surface area contributed by atoms with E-state index in [1.54, 1.807) is 0 Å². The van der Waals surface area contributed by atoms with E-state index in [0.29, 0.717) is 17.4 Å². The van der Waals surface area contributed by atoms with E-state index >= 15 is 0 Å². The molecule has 160 valence electrons. The number of anilines is 2. The summed E-state index contributed by atoms with van der Waals surface area (Å²) in [7, 11) is 0. The van der Waals surface area contributed by atoms with Gasteiger partial charge in [-0.05, 0) is 48.9 Å². The summed E-state index contributed by atoms with van der Waals surface area (Å²) in [5.74, 6) is 0.526. The lowest BCUT2D eigenvalue weighted by Crippen LogP contribution is -2.69. The second kappa shape index (κ2) is 6.38. The second-order valence-corrected chi connectivity index (χ2v) is 9.69. The number of carbonyl (C=O) groups excluding carboxylic acids is 1. The van der Waals surface area contributed by atoms with Gasteiger partial charge in [-0.3, -0.25) is 0 Å². The number of fused-ring (bicyclic) bond motifs is 5. The van der Waals surface area contributed by atoms with E-state index < -0.39 is 5.72 Å². The van der Waals surface area contributed by atoms with Gasteiger partial charge in [-0.15, -0.1) is 0 Å². The third kappa shape index (κ3) is 2.20. The number of piperidine rings is 1. The maximum atomic E-state index is 13.2. The van der Waals surface area contributed by atoms with Crippen molar-refractivity contribution in [3.8, 4) is 0 Å². The molecule has 1 saturated carbocycles. The smallest absolute Gasteiger partial charge is 0.341 e. The molecule has 1 saturated heterocycles. The maximum absolute atomic E-state index is 13.2. The lowest BCUT2D eigenvalue weighted by molar-refractivity contribution is -0.0663.